The molecule has 0 amide bonds. The Kier molecular flexibility index (Phi) is 6.70. The molecule has 2 aromatic rings. The average Bonchev–Trinajstić information content (AvgIpc) is 2.61. The maximum atomic E-state index is 11.9. The van der Waals surface area contributed by atoms with Gasteiger partial charge in [-0.15, -0.1) is 0 Å². The number of halogens is 1. The third-order valence-corrected chi connectivity index (χ3v) is 3.67. The van der Waals surface area contributed by atoms with Crippen LogP contribution in [0.15, 0.2) is 54.6 Å². The monoisotopic (exact) mass is 344 g/mol. The first-order valence-electron chi connectivity index (χ1n) is 7.59. The van der Waals surface area contributed by atoms with Crippen LogP contribution in [0, 0.1) is 0 Å². The molecular weight excluding hydrogens is 328 g/mol. The Morgan fingerprint density at radius 2 is 1.54 bits per heavy atom. The molecule has 0 radical (unpaired) electrons. The maximum absolute atomic E-state index is 11.9. The van der Waals surface area contributed by atoms with Crippen LogP contribution < -0.4 is 0 Å². The minimum Gasteiger partial charge on any atom is -0.455 e. The lowest BCUT2D eigenvalue weighted by Gasteiger charge is -2.04. The van der Waals surface area contributed by atoms with Gasteiger partial charge in [0.15, 0.2) is 5.78 Å². The number of carbonyl (C=O) groups is 3. The molecule has 0 atom stereocenters. The number of benzene rings is 2. The first-order chi connectivity index (χ1) is 11.6. The molecule has 0 aliphatic carbocycles. The Labute approximate surface area is 145 Å². The van der Waals surface area contributed by atoms with Gasteiger partial charge < -0.3 is 4.74 Å². The predicted molar refractivity (Wildman–Crippen MR) is 90.9 cm³/mol. The number of carbonyl (C=O) groups excluding carboxylic acids is 3. The second-order valence-electron chi connectivity index (χ2n) is 5.27. The smallest absolute Gasteiger partial charge is 0.374 e. The number of rotatable bonds is 8. The van der Waals surface area contributed by atoms with E-state index >= 15 is 0 Å². The minimum atomic E-state index is -0.863. The van der Waals surface area contributed by atoms with Crippen molar-refractivity contribution in [3.05, 3.63) is 70.7 Å². The van der Waals surface area contributed by atoms with Crippen LogP contribution in [0.2, 0.25) is 5.02 Å². The van der Waals surface area contributed by atoms with Gasteiger partial charge in [-0.05, 0) is 36.2 Å². The van der Waals surface area contributed by atoms with E-state index in [0.717, 1.165) is 5.56 Å². The highest BCUT2D eigenvalue weighted by Gasteiger charge is 2.16. The third kappa shape index (κ3) is 5.63. The Morgan fingerprint density at radius 3 is 2.21 bits per heavy atom. The van der Waals surface area contributed by atoms with Gasteiger partial charge in [-0.1, -0.05) is 41.9 Å². The van der Waals surface area contributed by atoms with Gasteiger partial charge in [0.05, 0.1) is 0 Å². The summed E-state index contributed by atoms with van der Waals surface area (Å²) in [6.07, 6.45) is 0.493. The van der Waals surface area contributed by atoms with E-state index in [1.165, 1.54) is 0 Å². The fraction of sp³-hybridized carbons (Fsp3) is 0.211. The number of ketones is 2. The zero-order valence-corrected chi connectivity index (χ0v) is 13.8. The molecule has 0 unspecified atom stereocenters. The second kappa shape index (κ2) is 8.99. The number of esters is 1. The molecule has 24 heavy (non-hydrogen) atoms. The second-order valence-corrected chi connectivity index (χ2v) is 5.70. The van der Waals surface area contributed by atoms with E-state index in [9.17, 15) is 14.4 Å². The summed E-state index contributed by atoms with van der Waals surface area (Å²) in [6.45, 7) is 0.0646. The van der Waals surface area contributed by atoms with E-state index in [0.29, 0.717) is 17.0 Å². The van der Waals surface area contributed by atoms with Crippen LogP contribution in [0.3, 0.4) is 0 Å². The van der Waals surface area contributed by atoms with Gasteiger partial charge in [-0.3, -0.25) is 9.59 Å². The maximum Gasteiger partial charge on any atom is 0.374 e. The van der Waals surface area contributed by atoms with Crippen LogP contribution in [0.4, 0.5) is 0 Å². The van der Waals surface area contributed by atoms with Crippen molar-refractivity contribution in [1.29, 1.82) is 0 Å². The van der Waals surface area contributed by atoms with Crippen LogP contribution in [0.1, 0.15) is 35.2 Å². The van der Waals surface area contributed by atoms with Gasteiger partial charge in [-0.25, -0.2) is 4.79 Å². The highest BCUT2D eigenvalue weighted by molar-refractivity contribution is 6.33. The molecule has 0 bridgehead atoms. The van der Waals surface area contributed by atoms with Crippen molar-refractivity contribution in [2.45, 2.75) is 25.9 Å². The Hall–Kier alpha value is -2.46. The molecule has 124 valence electrons. The zero-order chi connectivity index (χ0) is 17.4. The Balaban J connectivity index is 1.71. The summed E-state index contributed by atoms with van der Waals surface area (Å²) in [5.74, 6) is -1.57. The lowest BCUT2D eigenvalue weighted by atomic mass is 10.0. The van der Waals surface area contributed by atoms with Crippen LogP contribution in [-0.2, 0) is 20.9 Å². The van der Waals surface area contributed by atoms with Gasteiger partial charge >= 0.3 is 5.97 Å². The zero-order valence-electron chi connectivity index (χ0n) is 13.0. The van der Waals surface area contributed by atoms with Crippen molar-refractivity contribution < 1.29 is 19.1 Å². The molecule has 0 aromatic heterocycles. The summed E-state index contributed by atoms with van der Waals surface area (Å²) in [5, 5.41) is 0.558. The Morgan fingerprint density at radius 1 is 0.875 bits per heavy atom. The first kappa shape index (κ1) is 17.9. The van der Waals surface area contributed by atoms with Crippen molar-refractivity contribution in [1.82, 2.24) is 0 Å². The summed E-state index contributed by atoms with van der Waals surface area (Å²) in [4.78, 5) is 35.3. The first-order valence-corrected chi connectivity index (χ1v) is 7.96. The van der Waals surface area contributed by atoms with Crippen molar-refractivity contribution in [3.63, 3.8) is 0 Å². The van der Waals surface area contributed by atoms with Gasteiger partial charge in [0.25, 0.3) is 0 Å². The fourth-order valence-electron chi connectivity index (χ4n) is 2.10. The summed E-state index contributed by atoms with van der Waals surface area (Å²) >= 11 is 5.76. The van der Waals surface area contributed by atoms with E-state index in [1.54, 1.807) is 24.3 Å². The lowest BCUT2D eigenvalue weighted by Crippen LogP contribution is -2.17. The largest absolute Gasteiger partial charge is 0.455 e. The van der Waals surface area contributed by atoms with E-state index in [1.807, 2.05) is 30.3 Å². The standard InChI is InChI=1S/C19H17ClO4/c20-16-11-9-15(10-12-16)17(21)7-4-8-18(22)19(23)24-13-14-5-2-1-3-6-14/h1-3,5-6,9-12H,4,7-8,13H2. The number of Topliss-reactive ketones (excluding diaryl/α,β-unsaturated/α-hetero) is 2. The predicted octanol–water partition coefficient (Wildman–Crippen LogP) is 4.01. The van der Waals surface area contributed by atoms with Gasteiger partial charge in [-0.2, -0.15) is 0 Å². The Bertz CT molecular complexity index is 708. The highest BCUT2D eigenvalue weighted by Crippen LogP contribution is 2.12. The van der Waals surface area contributed by atoms with Crippen LogP contribution in [-0.4, -0.2) is 17.5 Å². The van der Waals surface area contributed by atoms with Crippen molar-refractivity contribution in [2.75, 3.05) is 0 Å². The quantitative estimate of drug-likeness (QED) is 0.412. The average molecular weight is 345 g/mol. The number of hydrogen-bond acceptors (Lipinski definition) is 4. The lowest BCUT2D eigenvalue weighted by molar-refractivity contribution is -0.154. The van der Waals surface area contributed by atoms with Gasteiger partial charge in [0, 0.05) is 23.4 Å². The van der Waals surface area contributed by atoms with Crippen molar-refractivity contribution in [2.24, 2.45) is 0 Å². The summed E-state index contributed by atoms with van der Waals surface area (Å²) in [5.41, 5.74) is 1.36. The van der Waals surface area contributed by atoms with E-state index in [-0.39, 0.29) is 25.2 Å². The number of ether oxygens (including phenoxy) is 1. The SMILES string of the molecule is O=C(CCCC(=O)c1ccc(Cl)cc1)C(=O)OCc1ccccc1. The molecule has 0 N–H and O–H groups in total. The normalized spacial score (nSPS) is 10.2. The van der Waals surface area contributed by atoms with Crippen LogP contribution in [0.5, 0.6) is 0 Å². The van der Waals surface area contributed by atoms with E-state index in [2.05, 4.69) is 0 Å². The highest BCUT2D eigenvalue weighted by atomic mass is 35.5. The van der Waals surface area contributed by atoms with E-state index < -0.39 is 11.8 Å². The topological polar surface area (TPSA) is 60.4 Å². The van der Waals surface area contributed by atoms with Crippen molar-refractivity contribution >= 4 is 29.1 Å². The summed E-state index contributed by atoms with van der Waals surface area (Å²) in [6, 6.07) is 15.7. The molecule has 0 fully saturated rings. The molecular formula is C19H17ClO4. The summed E-state index contributed by atoms with van der Waals surface area (Å²) < 4.78 is 4.96. The van der Waals surface area contributed by atoms with E-state index in [4.69, 9.17) is 16.3 Å². The summed E-state index contributed by atoms with van der Waals surface area (Å²) in [7, 11) is 0. The van der Waals surface area contributed by atoms with Gasteiger partial charge in [0.2, 0.25) is 5.78 Å². The molecule has 4 nitrogen and oxygen atoms in total. The van der Waals surface area contributed by atoms with Crippen molar-refractivity contribution in [3.8, 4) is 0 Å². The van der Waals surface area contributed by atoms with Gasteiger partial charge in [0.1, 0.15) is 6.61 Å². The molecule has 0 aliphatic heterocycles. The fourth-order valence-corrected chi connectivity index (χ4v) is 2.22. The van der Waals surface area contributed by atoms with Crippen LogP contribution in [0.25, 0.3) is 0 Å². The molecule has 0 heterocycles. The molecule has 2 rings (SSSR count). The van der Waals surface area contributed by atoms with Crippen LogP contribution >= 0.6 is 11.6 Å². The molecule has 0 saturated heterocycles. The number of hydrogen-bond donors (Lipinski definition) is 0. The minimum absolute atomic E-state index is 0.00699. The molecule has 2 aromatic carbocycles. The molecule has 0 aliphatic rings. The molecule has 0 saturated carbocycles. The third-order valence-electron chi connectivity index (χ3n) is 3.41. The molecule has 0 spiro atoms. The molecule has 5 heteroatoms.